The first kappa shape index (κ1) is 46.9. The molecule has 2 saturated carbocycles. The quantitative estimate of drug-likeness (QED) is 0.0304. The van der Waals surface area contributed by atoms with E-state index in [2.05, 4.69) is 26.0 Å². The number of esters is 5. The molecular weight excluding hydrogens is 692 g/mol. The third-order valence-corrected chi connectivity index (χ3v) is 10.4. The van der Waals surface area contributed by atoms with Crippen molar-refractivity contribution in [3.63, 3.8) is 0 Å². The molecule has 1 spiro atoms. The molecule has 0 aliphatic heterocycles. The van der Waals surface area contributed by atoms with Gasteiger partial charge in [0.05, 0.1) is 31.2 Å². The number of aliphatic hydroxyl groups is 1. The van der Waals surface area contributed by atoms with E-state index in [0.29, 0.717) is 51.7 Å². The lowest BCUT2D eigenvalue weighted by Crippen LogP contribution is -2.48. The third-order valence-electron chi connectivity index (χ3n) is 10.4. The molecule has 2 aliphatic rings. The lowest BCUT2D eigenvalue weighted by molar-refractivity contribution is -0.174. The van der Waals surface area contributed by atoms with Crippen LogP contribution in [0.25, 0.3) is 0 Å². The summed E-state index contributed by atoms with van der Waals surface area (Å²) in [6, 6.07) is 0. The number of allylic oxidation sites excluding steroid dienone is 2. The molecular formula is C43H70O11. The second-order valence-electron chi connectivity index (χ2n) is 15.4. The number of aliphatic hydroxyl groups excluding tert-OH is 1. The zero-order valence-electron chi connectivity index (χ0n) is 33.4. The minimum absolute atomic E-state index is 0.0528. The first-order valence-electron chi connectivity index (χ1n) is 20.9. The molecule has 2 fully saturated rings. The molecule has 11 nitrogen and oxygen atoms in total. The van der Waals surface area contributed by atoms with Gasteiger partial charge < -0.3 is 28.8 Å². The normalized spacial score (nSPS) is 15.2. The highest BCUT2D eigenvalue weighted by molar-refractivity contribution is 5.74. The van der Waals surface area contributed by atoms with E-state index in [1.807, 2.05) is 12.2 Å². The predicted octanol–water partition coefficient (Wildman–Crippen LogP) is 8.44. The van der Waals surface area contributed by atoms with Gasteiger partial charge in [0.2, 0.25) is 0 Å². The van der Waals surface area contributed by atoms with Crippen LogP contribution in [0, 0.1) is 16.7 Å². The van der Waals surface area contributed by atoms with Crippen LogP contribution in [0.15, 0.2) is 24.3 Å². The first-order valence-corrected chi connectivity index (χ1v) is 20.9. The highest BCUT2D eigenvalue weighted by Crippen LogP contribution is 2.58. The lowest BCUT2D eigenvalue weighted by atomic mass is 9.52. The minimum Gasteiger partial charge on any atom is -0.465 e. The summed E-state index contributed by atoms with van der Waals surface area (Å²) in [5, 5.41) is 10.4. The van der Waals surface area contributed by atoms with E-state index in [9.17, 15) is 29.1 Å². The Hall–Kier alpha value is -3.21. The second kappa shape index (κ2) is 28.2. The molecule has 0 amide bonds. The van der Waals surface area contributed by atoms with E-state index in [-0.39, 0.29) is 74.7 Å². The summed E-state index contributed by atoms with van der Waals surface area (Å²) < 4.78 is 27.1. The molecule has 0 aromatic carbocycles. The van der Waals surface area contributed by atoms with Gasteiger partial charge in [0.25, 0.3) is 0 Å². The zero-order chi connectivity index (χ0) is 39.3. The Morgan fingerprint density at radius 1 is 0.574 bits per heavy atom. The van der Waals surface area contributed by atoms with Crippen LogP contribution in [0.2, 0.25) is 0 Å². The highest BCUT2D eigenvalue weighted by atomic mass is 16.6. The molecule has 0 atom stereocenters. The molecule has 2 rings (SSSR count). The van der Waals surface area contributed by atoms with Gasteiger partial charge in [-0.3, -0.25) is 24.0 Å². The van der Waals surface area contributed by atoms with Gasteiger partial charge in [-0.1, -0.05) is 70.3 Å². The lowest BCUT2D eigenvalue weighted by Gasteiger charge is -2.53. The summed E-state index contributed by atoms with van der Waals surface area (Å²) >= 11 is 0. The number of ether oxygens (including phenoxy) is 5. The fourth-order valence-electron chi connectivity index (χ4n) is 6.65. The predicted molar refractivity (Wildman–Crippen MR) is 206 cm³/mol. The number of hydrogen-bond donors (Lipinski definition) is 1. The van der Waals surface area contributed by atoms with Crippen molar-refractivity contribution in [1.82, 2.24) is 0 Å². The largest absolute Gasteiger partial charge is 0.465 e. The molecule has 54 heavy (non-hydrogen) atoms. The van der Waals surface area contributed by atoms with Crippen molar-refractivity contribution in [3.8, 4) is 0 Å². The van der Waals surface area contributed by atoms with Gasteiger partial charge >= 0.3 is 29.8 Å². The van der Waals surface area contributed by atoms with Gasteiger partial charge in [-0.2, -0.15) is 0 Å². The fourth-order valence-corrected chi connectivity index (χ4v) is 6.65. The molecule has 308 valence electrons. The van der Waals surface area contributed by atoms with E-state index in [1.54, 1.807) is 0 Å². The van der Waals surface area contributed by atoms with Gasteiger partial charge in [-0.25, -0.2) is 0 Å². The smallest absolute Gasteiger partial charge is 0.308 e. The van der Waals surface area contributed by atoms with E-state index in [1.165, 1.54) is 32.1 Å². The molecule has 0 radical (unpaired) electrons. The third kappa shape index (κ3) is 20.5. The van der Waals surface area contributed by atoms with Gasteiger partial charge in [0.15, 0.2) is 0 Å². The topological polar surface area (TPSA) is 152 Å². The van der Waals surface area contributed by atoms with Crippen molar-refractivity contribution in [1.29, 1.82) is 0 Å². The number of unbranched alkanes of at least 4 members (excludes halogenated alkanes) is 8. The van der Waals surface area contributed by atoms with Crippen molar-refractivity contribution in [2.45, 2.75) is 162 Å². The number of carbonyl (C=O) groups is 5. The number of rotatable bonds is 32. The number of carbonyl (C=O) groups excluding carboxylic acids is 5. The molecule has 0 aromatic rings. The van der Waals surface area contributed by atoms with Crippen LogP contribution in [0.4, 0.5) is 0 Å². The molecule has 0 aromatic heterocycles. The Morgan fingerprint density at radius 2 is 0.981 bits per heavy atom. The molecule has 0 heterocycles. The van der Waals surface area contributed by atoms with Crippen molar-refractivity contribution >= 4 is 29.8 Å². The molecule has 11 heteroatoms. The van der Waals surface area contributed by atoms with Gasteiger partial charge in [0.1, 0.15) is 19.8 Å². The van der Waals surface area contributed by atoms with Crippen LogP contribution in [-0.2, 0) is 47.7 Å². The summed E-state index contributed by atoms with van der Waals surface area (Å²) in [6.07, 6.45) is 26.1. The van der Waals surface area contributed by atoms with Crippen LogP contribution < -0.4 is 0 Å². The maximum absolute atomic E-state index is 12.8. The molecule has 0 saturated heterocycles. The van der Waals surface area contributed by atoms with Crippen molar-refractivity contribution in [2.75, 3.05) is 39.6 Å². The van der Waals surface area contributed by atoms with Crippen molar-refractivity contribution in [2.24, 2.45) is 16.7 Å². The monoisotopic (exact) mass is 762 g/mol. The van der Waals surface area contributed by atoms with Gasteiger partial charge in [-0.05, 0) is 95.3 Å². The molecule has 0 unspecified atom stereocenters. The van der Waals surface area contributed by atoms with Crippen LogP contribution in [0.3, 0.4) is 0 Å². The van der Waals surface area contributed by atoms with Crippen LogP contribution in [-0.4, -0.2) is 74.6 Å². The van der Waals surface area contributed by atoms with Crippen LogP contribution >= 0.6 is 0 Å². The van der Waals surface area contributed by atoms with Crippen molar-refractivity contribution in [3.05, 3.63) is 24.3 Å². The van der Waals surface area contributed by atoms with E-state index >= 15 is 0 Å². The Bertz CT molecular complexity index is 1090. The van der Waals surface area contributed by atoms with Crippen LogP contribution in [0.1, 0.15) is 162 Å². The summed E-state index contributed by atoms with van der Waals surface area (Å²) in [6.45, 7) is 3.55. The standard InChI is InChI=1S/C43H70O11/c1-3-5-7-9-11-13-19-28-50-37(45)22-15-17-24-39(47)52-33-43(32-44,35-54-41(49)36-30-42(31-36)26-21-27-42)34-53-40(48)25-18-16-23-38(46)51-29-20-14-12-10-8-6-4-2/h11-14,36,44H,3-10,15-35H2,1-2H3/b13-11-,14-12-. The Balaban J connectivity index is 1.72. The minimum atomic E-state index is -1.33. The van der Waals surface area contributed by atoms with Crippen LogP contribution in [0.5, 0.6) is 0 Å². The number of hydrogen-bond acceptors (Lipinski definition) is 11. The summed E-state index contributed by atoms with van der Waals surface area (Å²) in [5.74, 6) is -2.23. The Labute approximate surface area is 324 Å². The molecule has 1 N–H and O–H groups in total. The Kier molecular flexibility index (Phi) is 24.5. The fraction of sp³-hybridized carbons (Fsp3) is 0.791. The zero-order valence-corrected chi connectivity index (χ0v) is 33.4. The highest BCUT2D eigenvalue weighted by Gasteiger charge is 2.51. The van der Waals surface area contributed by atoms with Crippen molar-refractivity contribution < 1.29 is 52.8 Å². The first-order chi connectivity index (χ1) is 26.2. The SMILES string of the molecule is CCCCC/C=C\CCOC(=O)CCCCC(=O)OCC(CO)(COC(=O)CCCCC(=O)OCC/C=C\CCCCC)COC(=O)C1CC2(CCC2)C1. The van der Waals surface area contributed by atoms with E-state index < -0.39 is 24.0 Å². The molecule has 0 bridgehead atoms. The summed E-state index contributed by atoms with van der Waals surface area (Å²) in [5.41, 5.74) is -1.05. The Morgan fingerprint density at radius 3 is 1.37 bits per heavy atom. The maximum Gasteiger partial charge on any atom is 0.308 e. The van der Waals surface area contributed by atoms with E-state index in [0.717, 1.165) is 51.4 Å². The molecule has 2 aliphatic carbocycles. The summed E-state index contributed by atoms with van der Waals surface area (Å²) in [7, 11) is 0. The summed E-state index contributed by atoms with van der Waals surface area (Å²) in [4.78, 5) is 62.2. The van der Waals surface area contributed by atoms with E-state index in [4.69, 9.17) is 23.7 Å². The van der Waals surface area contributed by atoms with Gasteiger partial charge in [-0.15, -0.1) is 0 Å². The average molecular weight is 763 g/mol. The van der Waals surface area contributed by atoms with Gasteiger partial charge in [0, 0.05) is 25.7 Å². The average Bonchev–Trinajstić information content (AvgIpc) is 3.13. The second-order valence-corrected chi connectivity index (χ2v) is 15.4. The maximum atomic E-state index is 12.8.